The van der Waals surface area contributed by atoms with E-state index in [0.29, 0.717) is 5.41 Å². The average molecular weight is 275 g/mol. The van der Waals surface area contributed by atoms with Crippen LogP contribution >= 0.6 is 15.9 Å². The maximum atomic E-state index is 5.12. The van der Waals surface area contributed by atoms with E-state index >= 15 is 0 Å². The Hall–Kier alpha value is 0.440. The van der Waals surface area contributed by atoms with Gasteiger partial charge in [-0.2, -0.15) is 0 Å². The van der Waals surface area contributed by atoms with Crippen molar-refractivity contribution in [1.29, 1.82) is 0 Å². The lowest BCUT2D eigenvalue weighted by Crippen LogP contribution is -2.29. The molecular weight excluding hydrogens is 252 g/mol. The molecule has 0 N–H and O–H groups in total. The summed E-state index contributed by atoms with van der Waals surface area (Å²) in [6, 6.07) is 0. The highest BCUT2D eigenvalue weighted by atomic mass is 79.9. The first-order valence-corrected chi connectivity index (χ1v) is 7.48. The standard InChI is InChI=1S/C13H23BrO/c1-15-7-3-2-6-13(10-14)9-11-4-5-12(13)8-11/h11-12H,2-10H2,1H3. The number of unbranched alkanes of at least 4 members (excludes halogenated alkanes) is 1. The Morgan fingerprint density at radius 3 is 2.73 bits per heavy atom. The van der Waals surface area contributed by atoms with Gasteiger partial charge in [0.2, 0.25) is 0 Å². The molecule has 3 atom stereocenters. The quantitative estimate of drug-likeness (QED) is 0.526. The lowest BCUT2D eigenvalue weighted by Gasteiger charge is -2.36. The van der Waals surface area contributed by atoms with Gasteiger partial charge in [-0.25, -0.2) is 0 Å². The van der Waals surface area contributed by atoms with Crippen molar-refractivity contribution in [2.24, 2.45) is 17.3 Å². The molecule has 0 aromatic rings. The van der Waals surface area contributed by atoms with Crippen LogP contribution in [0, 0.1) is 17.3 Å². The summed E-state index contributed by atoms with van der Waals surface area (Å²) in [5.41, 5.74) is 0.663. The van der Waals surface area contributed by atoms with E-state index < -0.39 is 0 Å². The second-order valence-electron chi connectivity index (χ2n) is 5.53. The first-order valence-electron chi connectivity index (χ1n) is 6.35. The second kappa shape index (κ2) is 5.18. The summed E-state index contributed by atoms with van der Waals surface area (Å²) in [7, 11) is 1.80. The minimum atomic E-state index is 0.663. The number of hydrogen-bond acceptors (Lipinski definition) is 1. The molecule has 2 aliphatic rings. The van der Waals surface area contributed by atoms with Crippen LogP contribution in [0.1, 0.15) is 44.9 Å². The van der Waals surface area contributed by atoms with Gasteiger partial charge in [-0.1, -0.05) is 28.8 Å². The monoisotopic (exact) mass is 274 g/mol. The van der Waals surface area contributed by atoms with Crippen LogP contribution in [0.2, 0.25) is 0 Å². The highest BCUT2D eigenvalue weighted by molar-refractivity contribution is 9.09. The van der Waals surface area contributed by atoms with Crippen molar-refractivity contribution in [3.05, 3.63) is 0 Å². The number of rotatable bonds is 6. The van der Waals surface area contributed by atoms with Gasteiger partial charge in [0.05, 0.1) is 0 Å². The van der Waals surface area contributed by atoms with Gasteiger partial charge in [0.25, 0.3) is 0 Å². The van der Waals surface area contributed by atoms with Gasteiger partial charge in [0.1, 0.15) is 0 Å². The summed E-state index contributed by atoms with van der Waals surface area (Å²) in [4.78, 5) is 0. The minimum Gasteiger partial charge on any atom is -0.385 e. The SMILES string of the molecule is COCCCCC1(CBr)CC2CCC1C2. The fraction of sp³-hybridized carbons (Fsp3) is 1.00. The number of fused-ring (bicyclic) bond motifs is 2. The van der Waals surface area contributed by atoms with Gasteiger partial charge in [-0.05, 0) is 49.4 Å². The molecule has 0 aliphatic heterocycles. The molecule has 0 amide bonds. The molecule has 0 radical (unpaired) electrons. The zero-order chi connectivity index (χ0) is 10.7. The first kappa shape index (κ1) is 11.9. The lowest BCUT2D eigenvalue weighted by molar-refractivity contribution is 0.156. The van der Waals surface area contributed by atoms with Crippen LogP contribution in [0.3, 0.4) is 0 Å². The Balaban J connectivity index is 1.81. The van der Waals surface area contributed by atoms with Crippen molar-refractivity contribution in [1.82, 2.24) is 0 Å². The predicted molar refractivity (Wildman–Crippen MR) is 67.4 cm³/mol. The van der Waals surface area contributed by atoms with Crippen LogP contribution in [0.25, 0.3) is 0 Å². The third-order valence-electron chi connectivity index (χ3n) is 4.64. The minimum absolute atomic E-state index is 0.663. The van der Waals surface area contributed by atoms with Gasteiger partial charge in [-0.15, -0.1) is 0 Å². The Kier molecular flexibility index (Phi) is 4.11. The third kappa shape index (κ3) is 2.41. The molecule has 2 rings (SSSR count). The molecule has 1 nitrogen and oxygen atoms in total. The van der Waals surface area contributed by atoms with E-state index in [4.69, 9.17) is 4.74 Å². The molecule has 0 spiro atoms. The summed E-state index contributed by atoms with van der Waals surface area (Å²) < 4.78 is 5.12. The number of hydrogen-bond donors (Lipinski definition) is 0. The average Bonchev–Trinajstić information content (AvgIpc) is 2.85. The molecule has 0 aromatic carbocycles. The molecule has 2 bridgehead atoms. The van der Waals surface area contributed by atoms with Crippen LogP contribution in [0.4, 0.5) is 0 Å². The zero-order valence-corrected chi connectivity index (χ0v) is 11.4. The Morgan fingerprint density at radius 1 is 1.33 bits per heavy atom. The Bertz CT molecular complexity index is 207. The topological polar surface area (TPSA) is 9.23 Å². The summed E-state index contributed by atoms with van der Waals surface area (Å²) in [5, 5.41) is 1.23. The molecule has 0 heterocycles. The van der Waals surface area contributed by atoms with E-state index in [2.05, 4.69) is 15.9 Å². The summed E-state index contributed by atoms with van der Waals surface area (Å²) in [6.07, 6.45) is 10.0. The summed E-state index contributed by atoms with van der Waals surface area (Å²) >= 11 is 3.77. The lowest BCUT2D eigenvalue weighted by atomic mass is 9.71. The maximum Gasteiger partial charge on any atom is 0.0462 e. The van der Waals surface area contributed by atoms with Crippen molar-refractivity contribution in [3.8, 4) is 0 Å². The molecular formula is C13H23BrO. The van der Waals surface area contributed by atoms with Gasteiger partial charge < -0.3 is 4.74 Å². The highest BCUT2D eigenvalue weighted by Crippen LogP contribution is 2.58. The molecule has 2 saturated carbocycles. The Morgan fingerprint density at radius 2 is 2.20 bits per heavy atom. The fourth-order valence-electron chi connectivity index (χ4n) is 3.82. The molecule has 0 saturated heterocycles. The van der Waals surface area contributed by atoms with Crippen molar-refractivity contribution < 1.29 is 4.74 Å². The van der Waals surface area contributed by atoms with Crippen LogP contribution in [-0.4, -0.2) is 19.0 Å². The van der Waals surface area contributed by atoms with E-state index in [1.807, 2.05) is 0 Å². The van der Waals surface area contributed by atoms with Crippen molar-refractivity contribution in [2.45, 2.75) is 44.9 Å². The van der Waals surface area contributed by atoms with Gasteiger partial charge in [-0.3, -0.25) is 0 Å². The van der Waals surface area contributed by atoms with Crippen LogP contribution < -0.4 is 0 Å². The molecule has 2 fully saturated rings. The van der Waals surface area contributed by atoms with E-state index in [1.165, 1.54) is 50.3 Å². The van der Waals surface area contributed by atoms with Gasteiger partial charge in [0.15, 0.2) is 0 Å². The number of methoxy groups -OCH3 is 1. The highest BCUT2D eigenvalue weighted by Gasteiger charge is 2.49. The van der Waals surface area contributed by atoms with Crippen molar-refractivity contribution in [3.63, 3.8) is 0 Å². The number of halogens is 1. The van der Waals surface area contributed by atoms with Crippen molar-refractivity contribution in [2.75, 3.05) is 19.0 Å². The van der Waals surface area contributed by atoms with Gasteiger partial charge in [0, 0.05) is 19.0 Å². The number of alkyl halides is 1. The van der Waals surface area contributed by atoms with Crippen LogP contribution in [-0.2, 0) is 4.74 Å². The summed E-state index contributed by atoms with van der Waals surface area (Å²) in [6.45, 7) is 0.937. The largest absolute Gasteiger partial charge is 0.385 e. The normalized spacial score (nSPS) is 38.8. The van der Waals surface area contributed by atoms with Crippen LogP contribution in [0.15, 0.2) is 0 Å². The first-order chi connectivity index (χ1) is 7.30. The second-order valence-corrected chi connectivity index (χ2v) is 6.09. The number of ether oxygens (including phenoxy) is 1. The summed E-state index contributed by atoms with van der Waals surface area (Å²) in [5.74, 6) is 2.10. The van der Waals surface area contributed by atoms with E-state index in [1.54, 1.807) is 7.11 Å². The van der Waals surface area contributed by atoms with Crippen LogP contribution in [0.5, 0.6) is 0 Å². The Labute approximate surface area is 102 Å². The van der Waals surface area contributed by atoms with Gasteiger partial charge >= 0.3 is 0 Å². The molecule has 2 aliphatic carbocycles. The molecule has 88 valence electrons. The molecule has 2 heteroatoms. The zero-order valence-electron chi connectivity index (χ0n) is 9.80. The third-order valence-corrected chi connectivity index (χ3v) is 5.76. The van der Waals surface area contributed by atoms with Crippen molar-refractivity contribution >= 4 is 15.9 Å². The molecule has 0 aromatic heterocycles. The predicted octanol–water partition coefficient (Wildman–Crippen LogP) is 4.00. The molecule has 15 heavy (non-hydrogen) atoms. The van der Waals surface area contributed by atoms with E-state index in [-0.39, 0.29) is 0 Å². The maximum absolute atomic E-state index is 5.12. The fourth-order valence-corrected chi connectivity index (χ4v) is 4.79. The molecule has 3 unspecified atom stereocenters. The van der Waals surface area contributed by atoms with E-state index in [0.717, 1.165) is 18.4 Å². The van der Waals surface area contributed by atoms with E-state index in [9.17, 15) is 0 Å². The smallest absolute Gasteiger partial charge is 0.0462 e.